The molecule has 0 aliphatic heterocycles. The van der Waals surface area contributed by atoms with Crippen molar-refractivity contribution in [1.82, 2.24) is 4.90 Å². The average molecular weight is 402 g/mol. The Hall–Kier alpha value is -3.60. The van der Waals surface area contributed by atoms with Crippen molar-refractivity contribution in [2.24, 2.45) is 5.73 Å². The van der Waals surface area contributed by atoms with Gasteiger partial charge in [-0.15, -0.1) is 0 Å². The van der Waals surface area contributed by atoms with E-state index >= 15 is 0 Å². The molecule has 0 saturated carbocycles. The third-order valence-corrected chi connectivity index (χ3v) is 4.74. The van der Waals surface area contributed by atoms with E-state index in [1.807, 2.05) is 72.8 Å². The summed E-state index contributed by atoms with van der Waals surface area (Å²) in [6, 6.07) is 26.9. The van der Waals surface area contributed by atoms with Crippen molar-refractivity contribution in [2.75, 3.05) is 13.2 Å². The third-order valence-electron chi connectivity index (χ3n) is 4.74. The quantitative estimate of drug-likeness (QED) is 0.560. The molecule has 30 heavy (non-hydrogen) atoms. The van der Waals surface area contributed by atoms with Crippen molar-refractivity contribution < 1.29 is 14.3 Å². The lowest BCUT2D eigenvalue weighted by Crippen LogP contribution is -2.34. The fourth-order valence-electron chi connectivity index (χ4n) is 3.16. The molecule has 0 aromatic heterocycles. The molecule has 5 nitrogen and oxygen atoms in total. The van der Waals surface area contributed by atoms with Crippen LogP contribution in [0, 0.1) is 0 Å². The Kier molecular flexibility index (Phi) is 7.61. The highest BCUT2D eigenvalue weighted by Gasteiger charge is 2.20. The van der Waals surface area contributed by atoms with Gasteiger partial charge in [-0.2, -0.15) is 0 Å². The predicted molar refractivity (Wildman–Crippen MR) is 117 cm³/mol. The Morgan fingerprint density at radius 3 is 2.07 bits per heavy atom. The van der Waals surface area contributed by atoms with Gasteiger partial charge in [-0.05, 0) is 23.3 Å². The van der Waals surface area contributed by atoms with Crippen LogP contribution in [-0.2, 0) is 17.8 Å². The van der Waals surface area contributed by atoms with Gasteiger partial charge in [0.05, 0.1) is 12.2 Å². The summed E-state index contributed by atoms with van der Waals surface area (Å²) in [6.07, 6.45) is 0.856. The minimum atomic E-state index is -0.437. The smallest absolute Gasteiger partial charge is 0.257 e. The minimum absolute atomic E-state index is 0.107. The van der Waals surface area contributed by atoms with E-state index in [9.17, 15) is 9.59 Å². The van der Waals surface area contributed by atoms with E-state index in [0.29, 0.717) is 24.5 Å². The van der Waals surface area contributed by atoms with Gasteiger partial charge in [0.2, 0.25) is 5.91 Å². The van der Waals surface area contributed by atoms with Crippen LogP contribution in [0.1, 0.15) is 27.9 Å². The molecule has 0 fully saturated rings. The second kappa shape index (κ2) is 10.8. The Morgan fingerprint density at radius 2 is 1.40 bits per heavy atom. The van der Waals surface area contributed by atoms with Crippen LogP contribution in [0.25, 0.3) is 0 Å². The summed E-state index contributed by atoms with van der Waals surface area (Å²) in [5.74, 6) is -0.0840. The van der Waals surface area contributed by atoms with E-state index in [4.69, 9.17) is 10.5 Å². The lowest BCUT2D eigenvalue weighted by Gasteiger charge is -2.23. The summed E-state index contributed by atoms with van der Waals surface area (Å²) in [6.45, 7) is 1.11. The molecule has 0 spiro atoms. The number of nitrogens with two attached hydrogens (primary N) is 1. The molecule has 3 rings (SSSR count). The van der Waals surface area contributed by atoms with Crippen LogP contribution in [0.2, 0.25) is 0 Å². The molecule has 0 heterocycles. The van der Waals surface area contributed by atoms with E-state index in [1.54, 1.807) is 17.0 Å². The molecule has 0 saturated heterocycles. The van der Waals surface area contributed by atoms with Crippen LogP contribution >= 0.6 is 0 Å². The number of carbonyl (C=O) groups is 2. The van der Waals surface area contributed by atoms with Crippen molar-refractivity contribution >= 4 is 11.8 Å². The molecule has 0 radical (unpaired) electrons. The Bertz CT molecular complexity index is 958. The third kappa shape index (κ3) is 6.21. The van der Waals surface area contributed by atoms with Crippen LogP contribution < -0.4 is 10.5 Å². The average Bonchev–Trinajstić information content (AvgIpc) is 2.78. The van der Waals surface area contributed by atoms with Crippen molar-refractivity contribution in [3.8, 4) is 5.75 Å². The first kappa shape index (κ1) is 21.1. The number of nitrogens with zero attached hydrogens (tertiary/aromatic N) is 1. The van der Waals surface area contributed by atoms with Gasteiger partial charge in [0, 0.05) is 25.9 Å². The predicted octanol–water partition coefficient (Wildman–Crippen LogP) is 3.83. The summed E-state index contributed by atoms with van der Waals surface area (Å²) >= 11 is 0. The van der Waals surface area contributed by atoms with Gasteiger partial charge >= 0.3 is 0 Å². The van der Waals surface area contributed by atoms with Gasteiger partial charge in [0.25, 0.3) is 5.91 Å². The van der Waals surface area contributed by atoms with Crippen molar-refractivity contribution in [3.05, 3.63) is 102 Å². The number of rotatable bonds is 10. The van der Waals surface area contributed by atoms with Crippen LogP contribution in [0.5, 0.6) is 5.75 Å². The zero-order chi connectivity index (χ0) is 21.2. The van der Waals surface area contributed by atoms with E-state index in [2.05, 4.69) is 0 Å². The van der Waals surface area contributed by atoms with Crippen molar-refractivity contribution in [3.63, 3.8) is 0 Å². The van der Waals surface area contributed by atoms with Crippen LogP contribution in [-0.4, -0.2) is 29.9 Å². The second-order valence-corrected chi connectivity index (χ2v) is 7.01. The number of amides is 2. The van der Waals surface area contributed by atoms with Gasteiger partial charge in [0.15, 0.2) is 0 Å². The number of para-hydroxylation sites is 1. The van der Waals surface area contributed by atoms with Gasteiger partial charge in [-0.1, -0.05) is 72.8 Å². The van der Waals surface area contributed by atoms with Gasteiger partial charge in [-0.25, -0.2) is 0 Å². The summed E-state index contributed by atoms with van der Waals surface area (Å²) in [5.41, 5.74) is 7.96. The molecular formula is C25H26N2O3. The number of hydrogen-bond donors (Lipinski definition) is 1. The molecule has 5 heteroatoms. The molecule has 154 valence electrons. The molecule has 2 amide bonds. The molecule has 0 bridgehead atoms. The summed E-state index contributed by atoms with van der Waals surface area (Å²) < 4.78 is 5.95. The fraction of sp³-hybridized carbons (Fsp3) is 0.200. The number of hydrogen-bond acceptors (Lipinski definition) is 3. The highest BCUT2D eigenvalue weighted by molar-refractivity contribution is 5.97. The molecule has 3 aromatic rings. The zero-order valence-electron chi connectivity index (χ0n) is 16.9. The largest absolute Gasteiger partial charge is 0.492 e. The van der Waals surface area contributed by atoms with E-state index in [0.717, 1.165) is 12.0 Å². The maximum Gasteiger partial charge on any atom is 0.257 e. The fourth-order valence-corrected chi connectivity index (χ4v) is 3.16. The Balaban J connectivity index is 1.73. The van der Waals surface area contributed by atoms with Crippen LogP contribution in [0.15, 0.2) is 84.9 Å². The number of primary amides is 1. The minimum Gasteiger partial charge on any atom is -0.492 e. The normalized spacial score (nSPS) is 10.4. The van der Waals surface area contributed by atoms with Gasteiger partial charge < -0.3 is 15.4 Å². The number of ether oxygens (including phenoxy) is 1. The van der Waals surface area contributed by atoms with Crippen molar-refractivity contribution in [1.29, 1.82) is 0 Å². The molecule has 2 N–H and O–H groups in total. The second-order valence-electron chi connectivity index (χ2n) is 7.01. The summed E-state index contributed by atoms with van der Waals surface area (Å²) in [4.78, 5) is 26.3. The SMILES string of the molecule is NC(=O)CCN(Cc1ccccc1)C(=O)c1ccccc1OCCc1ccccc1. The summed E-state index contributed by atoms with van der Waals surface area (Å²) in [5, 5.41) is 0. The van der Waals surface area contributed by atoms with E-state index in [-0.39, 0.29) is 18.9 Å². The van der Waals surface area contributed by atoms with E-state index in [1.165, 1.54) is 5.56 Å². The van der Waals surface area contributed by atoms with Gasteiger partial charge in [0.1, 0.15) is 5.75 Å². The molecular weight excluding hydrogens is 376 g/mol. The maximum atomic E-state index is 13.3. The zero-order valence-corrected chi connectivity index (χ0v) is 16.9. The van der Waals surface area contributed by atoms with E-state index < -0.39 is 5.91 Å². The molecule has 0 unspecified atom stereocenters. The summed E-state index contributed by atoms with van der Waals surface area (Å²) in [7, 11) is 0. The first-order chi connectivity index (χ1) is 14.6. The highest BCUT2D eigenvalue weighted by atomic mass is 16.5. The lowest BCUT2D eigenvalue weighted by molar-refractivity contribution is -0.118. The van der Waals surface area contributed by atoms with Gasteiger partial charge in [-0.3, -0.25) is 9.59 Å². The standard InChI is InChI=1S/C25H26N2O3/c26-24(28)15-17-27(19-21-11-5-2-6-12-21)25(29)22-13-7-8-14-23(22)30-18-16-20-9-3-1-4-10-20/h1-14H,15-19H2,(H2,26,28). The highest BCUT2D eigenvalue weighted by Crippen LogP contribution is 2.21. The number of carbonyl (C=O) groups excluding carboxylic acids is 2. The topological polar surface area (TPSA) is 72.6 Å². The lowest BCUT2D eigenvalue weighted by atomic mass is 10.1. The molecule has 3 aromatic carbocycles. The maximum absolute atomic E-state index is 13.3. The van der Waals surface area contributed by atoms with Crippen LogP contribution in [0.3, 0.4) is 0 Å². The molecule has 0 aliphatic carbocycles. The first-order valence-electron chi connectivity index (χ1n) is 10.0. The molecule has 0 aliphatic rings. The monoisotopic (exact) mass is 402 g/mol. The van der Waals surface area contributed by atoms with Crippen LogP contribution in [0.4, 0.5) is 0 Å². The number of benzene rings is 3. The Labute approximate surface area is 177 Å². The molecule has 0 atom stereocenters. The first-order valence-corrected chi connectivity index (χ1v) is 10.0. The Morgan fingerprint density at radius 1 is 0.800 bits per heavy atom. The van der Waals surface area contributed by atoms with Crippen molar-refractivity contribution in [2.45, 2.75) is 19.4 Å².